The number of ether oxygens (including phenoxy) is 1. The van der Waals surface area contributed by atoms with Gasteiger partial charge in [0.1, 0.15) is 5.75 Å². The van der Waals surface area contributed by atoms with E-state index < -0.39 is 18.1 Å². The number of carbonyl (C=O) groups excluding carboxylic acids is 1. The van der Waals surface area contributed by atoms with Gasteiger partial charge in [0.25, 0.3) is 5.91 Å². The standard InChI is InChI=1S/C17H25NO4/c1-10(2)14-7-6-11(3)8-15(14)22-13(5)17(21)18-12(4)9-16(19)20/h6-8,10,12-13H,9H2,1-5H3,(H,18,21)(H,19,20). The van der Waals surface area contributed by atoms with Gasteiger partial charge in [-0.1, -0.05) is 26.0 Å². The van der Waals surface area contributed by atoms with Gasteiger partial charge >= 0.3 is 5.97 Å². The molecular weight excluding hydrogens is 282 g/mol. The van der Waals surface area contributed by atoms with E-state index in [-0.39, 0.29) is 18.2 Å². The molecule has 0 fully saturated rings. The van der Waals surface area contributed by atoms with Crippen LogP contribution in [-0.4, -0.2) is 29.1 Å². The lowest BCUT2D eigenvalue weighted by Gasteiger charge is -2.21. The molecule has 0 aliphatic rings. The summed E-state index contributed by atoms with van der Waals surface area (Å²) in [6, 6.07) is 5.51. The second kappa shape index (κ2) is 7.82. The van der Waals surface area contributed by atoms with E-state index in [1.807, 2.05) is 25.1 Å². The summed E-state index contributed by atoms with van der Waals surface area (Å²) < 4.78 is 5.80. The van der Waals surface area contributed by atoms with E-state index in [0.717, 1.165) is 11.1 Å². The first-order valence-corrected chi connectivity index (χ1v) is 7.50. The van der Waals surface area contributed by atoms with E-state index in [1.165, 1.54) is 0 Å². The average molecular weight is 307 g/mol. The highest BCUT2D eigenvalue weighted by atomic mass is 16.5. The fraction of sp³-hybridized carbons (Fsp3) is 0.529. The van der Waals surface area contributed by atoms with E-state index in [0.29, 0.717) is 5.75 Å². The van der Waals surface area contributed by atoms with Gasteiger partial charge in [-0.25, -0.2) is 0 Å². The molecule has 0 aromatic heterocycles. The van der Waals surface area contributed by atoms with Crippen molar-refractivity contribution in [3.05, 3.63) is 29.3 Å². The molecule has 0 heterocycles. The van der Waals surface area contributed by atoms with Crippen LogP contribution in [0.1, 0.15) is 51.2 Å². The average Bonchev–Trinajstić information content (AvgIpc) is 2.36. The molecule has 5 heteroatoms. The van der Waals surface area contributed by atoms with Gasteiger partial charge in [0.2, 0.25) is 0 Å². The second-order valence-electron chi connectivity index (χ2n) is 5.96. The highest BCUT2D eigenvalue weighted by molar-refractivity contribution is 5.81. The Bertz CT molecular complexity index is 539. The van der Waals surface area contributed by atoms with Crippen LogP contribution < -0.4 is 10.1 Å². The van der Waals surface area contributed by atoms with Gasteiger partial charge in [-0.3, -0.25) is 9.59 Å². The third kappa shape index (κ3) is 5.39. The van der Waals surface area contributed by atoms with Crippen molar-refractivity contribution in [2.24, 2.45) is 0 Å². The number of rotatable bonds is 7. The minimum atomic E-state index is -0.942. The quantitative estimate of drug-likeness (QED) is 0.812. The fourth-order valence-electron chi connectivity index (χ4n) is 2.14. The van der Waals surface area contributed by atoms with Crippen LogP contribution in [0.25, 0.3) is 0 Å². The predicted molar refractivity (Wildman–Crippen MR) is 85.2 cm³/mol. The molecule has 0 saturated heterocycles. The lowest BCUT2D eigenvalue weighted by Crippen LogP contribution is -2.42. The molecule has 0 saturated carbocycles. The van der Waals surface area contributed by atoms with Crippen molar-refractivity contribution in [2.75, 3.05) is 0 Å². The predicted octanol–water partition coefficient (Wildman–Crippen LogP) is 2.87. The molecule has 122 valence electrons. The van der Waals surface area contributed by atoms with Crippen LogP contribution in [0.3, 0.4) is 0 Å². The first-order chi connectivity index (χ1) is 10.2. The van der Waals surface area contributed by atoms with E-state index in [4.69, 9.17) is 9.84 Å². The van der Waals surface area contributed by atoms with Crippen molar-refractivity contribution in [3.8, 4) is 5.75 Å². The van der Waals surface area contributed by atoms with E-state index >= 15 is 0 Å². The smallest absolute Gasteiger partial charge is 0.305 e. The number of carboxylic acid groups (broad SMARTS) is 1. The number of hydrogen-bond donors (Lipinski definition) is 2. The number of carbonyl (C=O) groups is 2. The number of aryl methyl sites for hydroxylation is 1. The molecule has 1 aromatic carbocycles. The molecule has 0 bridgehead atoms. The van der Waals surface area contributed by atoms with Crippen molar-refractivity contribution < 1.29 is 19.4 Å². The number of aliphatic carboxylic acids is 1. The van der Waals surface area contributed by atoms with Crippen LogP contribution in [0.2, 0.25) is 0 Å². The largest absolute Gasteiger partial charge is 0.481 e. The molecule has 0 radical (unpaired) electrons. The Labute approximate surface area is 131 Å². The molecule has 1 amide bonds. The Morgan fingerprint density at radius 2 is 1.86 bits per heavy atom. The number of hydrogen-bond acceptors (Lipinski definition) is 3. The van der Waals surface area contributed by atoms with Crippen LogP contribution in [0.5, 0.6) is 5.75 Å². The van der Waals surface area contributed by atoms with Crippen LogP contribution in [0, 0.1) is 6.92 Å². The molecule has 2 unspecified atom stereocenters. The number of carboxylic acids is 1. The maximum atomic E-state index is 12.1. The minimum Gasteiger partial charge on any atom is -0.481 e. The lowest BCUT2D eigenvalue weighted by atomic mass is 10.0. The topological polar surface area (TPSA) is 75.6 Å². The van der Waals surface area contributed by atoms with Crippen molar-refractivity contribution in [1.82, 2.24) is 5.32 Å². The van der Waals surface area contributed by atoms with Crippen molar-refractivity contribution >= 4 is 11.9 Å². The molecule has 0 spiro atoms. The first-order valence-electron chi connectivity index (χ1n) is 7.50. The molecular formula is C17H25NO4. The highest BCUT2D eigenvalue weighted by Crippen LogP contribution is 2.28. The second-order valence-corrected chi connectivity index (χ2v) is 5.96. The Balaban J connectivity index is 2.75. The number of amides is 1. The van der Waals surface area contributed by atoms with Gasteiger partial charge in [0, 0.05) is 6.04 Å². The molecule has 1 aromatic rings. The zero-order valence-corrected chi connectivity index (χ0v) is 13.8. The zero-order chi connectivity index (χ0) is 16.9. The van der Waals surface area contributed by atoms with Gasteiger partial charge in [-0.2, -0.15) is 0 Å². The summed E-state index contributed by atoms with van der Waals surface area (Å²) in [5.41, 5.74) is 2.11. The number of benzene rings is 1. The van der Waals surface area contributed by atoms with Crippen LogP contribution >= 0.6 is 0 Å². The molecule has 0 aliphatic heterocycles. The Hall–Kier alpha value is -2.04. The Kier molecular flexibility index (Phi) is 6.40. The van der Waals surface area contributed by atoms with E-state index in [2.05, 4.69) is 19.2 Å². The van der Waals surface area contributed by atoms with Crippen LogP contribution in [0.4, 0.5) is 0 Å². The molecule has 5 nitrogen and oxygen atoms in total. The van der Waals surface area contributed by atoms with Gasteiger partial charge in [-0.15, -0.1) is 0 Å². The summed E-state index contributed by atoms with van der Waals surface area (Å²) in [5.74, 6) is -0.271. The maximum absolute atomic E-state index is 12.1. The monoisotopic (exact) mass is 307 g/mol. The first kappa shape index (κ1) is 18.0. The minimum absolute atomic E-state index is 0.111. The van der Waals surface area contributed by atoms with Gasteiger partial charge in [0.05, 0.1) is 6.42 Å². The Morgan fingerprint density at radius 3 is 2.41 bits per heavy atom. The highest BCUT2D eigenvalue weighted by Gasteiger charge is 2.20. The Morgan fingerprint density at radius 1 is 1.23 bits per heavy atom. The summed E-state index contributed by atoms with van der Waals surface area (Å²) >= 11 is 0. The molecule has 22 heavy (non-hydrogen) atoms. The molecule has 2 N–H and O–H groups in total. The lowest BCUT2D eigenvalue weighted by molar-refractivity contribution is -0.137. The fourth-order valence-corrected chi connectivity index (χ4v) is 2.14. The maximum Gasteiger partial charge on any atom is 0.305 e. The van der Waals surface area contributed by atoms with Crippen molar-refractivity contribution in [2.45, 2.75) is 59.1 Å². The molecule has 0 aliphatic carbocycles. The SMILES string of the molecule is Cc1ccc(C(C)C)c(OC(C)C(=O)NC(C)CC(=O)O)c1. The normalized spacial score (nSPS) is 13.5. The van der Waals surface area contributed by atoms with Crippen molar-refractivity contribution in [1.29, 1.82) is 0 Å². The van der Waals surface area contributed by atoms with Crippen LogP contribution in [0.15, 0.2) is 18.2 Å². The van der Waals surface area contributed by atoms with Gasteiger partial charge < -0.3 is 15.2 Å². The summed E-state index contributed by atoms with van der Waals surface area (Å²) in [6.45, 7) is 9.42. The number of nitrogens with one attached hydrogen (secondary N) is 1. The van der Waals surface area contributed by atoms with Gasteiger partial charge in [0.15, 0.2) is 6.10 Å². The van der Waals surface area contributed by atoms with Crippen molar-refractivity contribution in [3.63, 3.8) is 0 Å². The zero-order valence-electron chi connectivity index (χ0n) is 13.8. The van der Waals surface area contributed by atoms with Crippen LogP contribution in [-0.2, 0) is 9.59 Å². The third-order valence-electron chi connectivity index (χ3n) is 3.33. The van der Waals surface area contributed by atoms with E-state index in [9.17, 15) is 9.59 Å². The molecule has 1 rings (SSSR count). The summed E-state index contributed by atoms with van der Waals surface area (Å²) in [4.78, 5) is 22.7. The summed E-state index contributed by atoms with van der Waals surface area (Å²) in [7, 11) is 0. The third-order valence-corrected chi connectivity index (χ3v) is 3.33. The van der Waals surface area contributed by atoms with E-state index in [1.54, 1.807) is 13.8 Å². The van der Waals surface area contributed by atoms with Gasteiger partial charge in [-0.05, 0) is 43.9 Å². The summed E-state index contributed by atoms with van der Waals surface area (Å²) in [5, 5.41) is 11.4. The molecule has 2 atom stereocenters. The summed E-state index contributed by atoms with van der Waals surface area (Å²) in [6.07, 6.45) is -0.796.